The molecule has 0 aliphatic rings. The largest absolute Gasteiger partial charge is 0.334 e. The summed E-state index contributed by atoms with van der Waals surface area (Å²) in [5.74, 6) is 0. The van der Waals surface area contributed by atoms with Gasteiger partial charge in [-0.25, -0.2) is 4.98 Å². The molecule has 2 heteroatoms. The summed E-state index contributed by atoms with van der Waals surface area (Å²) in [5, 5.41) is 0. The standard InChI is InChI=1S/C9H12N2/c1-4-6-8-9(5-2)11(3)7-10-8/h4-7H,2H2,1,3H3/b6-4-. The second kappa shape index (κ2) is 3.19. The molecular formula is C9H12N2. The average Bonchev–Trinajstić information content (AvgIpc) is 2.33. The van der Waals surface area contributed by atoms with Crippen molar-refractivity contribution in [2.75, 3.05) is 0 Å². The molecule has 0 spiro atoms. The highest BCUT2D eigenvalue weighted by Gasteiger charge is 1.99. The van der Waals surface area contributed by atoms with E-state index in [1.165, 1.54) is 0 Å². The van der Waals surface area contributed by atoms with E-state index in [-0.39, 0.29) is 0 Å². The smallest absolute Gasteiger partial charge is 0.0955 e. The lowest BCUT2D eigenvalue weighted by molar-refractivity contribution is 0.902. The monoisotopic (exact) mass is 148 g/mol. The van der Waals surface area contributed by atoms with Crippen LogP contribution in [0.2, 0.25) is 0 Å². The maximum atomic E-state index is 4.18. The van der Waals surface area contributed by atoms with Gasteiger partial charge in [0.1, 0.15) is 0 Å². The Bertz CT molecular complexity index is 282. The lowest BCUT2D eigenvalue weighted by atomic mass is 10.3. The zero-order chi connectivity index (χ0) is 8.27. The number of hydrogen-bond acceptors (Lipinski definition) is 1. The van der Waals surface area contributed by atoms with Crippen LogP contribution in [0.5, 0.6) is 0 Å². The fourth-order valence-corrected chi connectivity index (χ4v) is 0.993. The van der Waals surface area contributed by atoms with E-state index in [9.17, 15) is 0 Å². The van der Waals surface area contributed by atoms with Gasteiger partial charge in [0.05, 0.1) is 17.7 Å². The lowest BCUT2D eigenvalue weighted by Crippen LogP contribution is -1.88. The molecule has 11 heavy (non-hydrogen) atoms. The number of rotatable bonds is 2. The maximum absolute atomic E-state index is 4.18. The first kappa shape index (κ1) is 7.79. The first-order valence-corrected chi connectivity index (χ1v) is 3.56. The number of hydrogen-bond donors (Lipinski definition) is 0. The molecule has 58 valence electrons. The summed E-state index contributed by atoms with van der Waals surface area (Å²) in [4.78, 5) is 4.18. The third-order valence-electron chi connectivity index (χ3n) is 1.53. The molecule has 0 amide bonds. The van der Waals surface area contributed by atoms with Crippen LogP contribution in [0.4, 0.5) is 0 Å². The van der Waals surface area contributed by atoms with E-state index in [4.69, 9.17) is 0 Å². The third-order valence-corrected chi connectivity index (χ3v) is 1.53. The van der Waals surface area contributed by atoms with Crippen LogP contribution in [-0.4, -0.2) is 9.55 Å². The third kappa shape index (κ3) is 1.40. The van der Waals surface area contributed by atoms with Crippen molar-refractivity contribution in [3.63, 3.8) is 0 Å². The summed E-state index contributed by atoms with van der Waals surface area (Å²) in [5.41, 5.74) is 2.04. The molecule has 1 heterocycles. The van der Waals surface area contributed by atoms with Crippen molar-refractivity contribution in [2.45, 2.75) is 6.92 Å². The molecule has 0 bridgehead atoms. The van der Waals surface area contributed by atoms with Gasteiger partial charge in [-0.15, -0.1) is 0 Å². The van der Waals surface area contributed by atoms with Gasteiger partial charge in [-0.1, -0.05) is 12.7 Å². The SMILES string of the molecule is C=Cc1c(/C=C\C)ncn1C. The van der Waals surface area contributed by atoms with E-state index >= 15 is 0 Å². The lowest BCUT2D eigenvalue weighted by Gasteiger charge is -1.94. The summed E-state index contributed by atoms with van der Waals surface area (Å²) < 4.78 is 1.95. The molecule has 0 fully saturated rings. The zero-order valence-corrected chi connectivity index (χ0v) is 6.91. The Labute approximate surface area is 66.9 Å². The summed E-state index contributed by atoms with van der Waals surface area (Å²) in [6.45, 7) is 5.69. The van der Waals surface area contributed by atoms with Crippen LogP contribution >= 0.6 is 0 Å². The minimum Gasteiger partial charge on any atom is -0.334 e. The van der Waals surface area contributed by atoms with Crippen LogP contribution in [0.15, 0.2) is 19.0 Å². The first-order chi connectivity index (χ1) is 5.29. The van der Waals surface area contributed by atoms with Gasteiger partial charge < -0.3 is 4.57 Å². The van der Waals surface area contributed by atoms with Crippen LogP contribution in [0.3, 0.4) is 0 Å². The summed E-state index contributed by atoms with van der Waals surface area (Å²) >= 11 is 0. The van der Waals surface area contributed by atoms with E-state index in [2.05, 4.69) is 11.6 Å². The van der Waals surface area contributed by atoms with Crippen molar-refractivity contribution in [3.8, 4) is 0 Å². The molecule has 0 unspecified atom stereocenters. The highest BCUT2D eigenvalue weighted by Crippen LogP contribution is 2.08. The molecule has 0 N–H and O–H groups in total. The molecule has 0 aromatic carbocycles. The molecule has 1 aromatic rings. The van der Waals surface area contributed by atoms with E-state index < -0.39 is 0 Å². The van der Waals surface area contributed by atoms with E-state index in [1.54, 1.807) is 6.33 Å². The number of aryl methyl sites for hydroxylation is 1. The molecule has 0 saturated carbocycles. The fourth-order valence-electron chi connectivity index (χ4n) is 0.993. The van der Waals surface area contributed by atoms with Crippen molar-refractivity contribution >= 4 is 12.2 Å². The molecule has 2 nitrogen and oxygen atoms in total. The molecule has 1 aromatic heterocycles. The van der Waals surface area contributed by atoms with E-state index in [0.717, 1.165) is 11.4 Å². The Hall–Kier alpha value is -1.31. The summed E-state index contributed by atoms with van der Waals surface area (Å²) in [6.07, 6.45) is 7.53. The molecule has 1 rings (SSSR count). The average molecular weight is 148 g/mol. The summed E-state index contributed by atoms with van der Waals surface area (Å²) in [7, 11) is 1.96. The highest BCUT2D eigenvalue weighted by atomic mass is 15.0. The Balaban J connectivity index is 3.15. The minimum atomic E-state index is 0.977. The second-order valence-corrected chi connectivity index (χ2v) is 2.33. The van der Waals surface area contributed by atoms with Gasteiger partial charge in [0, 0.05) is 7.05 Å². The second-order valence-electron chi connectivity index (χ2n) is 2.33. The van der Waals surface area contributed by atoms with Crippen molar-refractivity contribution in [3.05, 3.63) is 30.4 Å². The van der Waals surface area contributed by atoms with Gasteiger partial charge in [-0.2, -0.15) is 0 Å². The Morgan fingerprint density at radius 1 is 1.64 bits per heavy atom. The van der Waals surface area contributed by atoms with Crippen LogP contribution in [-0.2, 0) is 7.05 Å². The number of imidazole rings is 1. The number of allylic oxidation sites excluding steroid dienone is 1. The molecule has 0 radical (unpaired) electrons. The van der Waals surface area contributed by atoms with Gasteiger partial charge >= 0.3 is 0 Å². The van der Waals surface area contributed by atoms with Crippen molar-refractivity contribution < 1.29 is 0 Å². The normalized spacial score (nSPS) is 10.7. The predicted octanol–water partition coefficient (Wildman–Crippen LogP) is 2.10. The topological polar surface area (TPSA) is 17.8 Å². The van der Waals surface area contributed by atoms with Crippen molar-refractivity contribution in [1.82, 2.24) is 9.55 Å². The van der Waals surface area contributed by atoms with E-state index in [0.29, 0.717) is 0 Å². The molecule has 0 aliphatic carbocycles. The van der Waals surface area contributed by atoms with Gasteiger partial charge in [-0.3, -0.25) is 0 Å². The van der Waals surface area contributed by atoms with Gasteiger partial charge in [0.25, 0.3) is 0 Å². The quantitative estimate of drug-likeness (QED) is 0.628. The van der Waals surface area contributed by atoms with Crippen molar-refractivity contribution in [2.24, 2.45) is 7.05 Å². The van der Waals surface area contributed by atoms with Gasteiger partial charge in [-0.05, 0) is 19.1 Å². The van der Waals surface area contributed by atoms with Gasteiger partial charge in [0.2, 0.25) is 0 Å². The van der Waals surface area contributed by atoms with Crippen LogP contribution in [0.1, 0.15) is 18.3 Å². The molecule has 0 atom stereocenters. The molecule has 0 aliphatic heterocycles. The zero-order valence-electron chi connectivity index (χ0n) is 6.91. The number of aromatic nitrogens is 2. The van der Waals surface area contributed by atoms with Crippen LogP contribution in [0.25, 0.3) is 12.2 Å². The van der Waals surface area contributed by atoms with Crippen LogP contribution in [0, 0.1) is 0 Å². The summed E-state index contributed by atoms with van der Waals surface area (Å²) in [6, 6.07) is 0. The fraction of sp³-hybridized carbons (Fsp3) is 0.222. The first-order valence-electron chi connectivity index (χ1n) is 3.56. The Morgan fingerprint density at radius 2 is 2.36 bits per heavy atom. The Morgan fingerprint density at radius 3 is 2.91 bits per heavy atom. The van der Waals surface area contributed by atoms with E-state index in [1.807, 2.05) is 36.8 Å². The van der Waals surface area contributed by atoms with Gasteiger partial charge in [0.15, 0.2) is 0 Å². The maximum Gasteiger partial charge on any atom is 0.0955 e. The predicted molar refractivity (Wildman–Crippen MR) is 48.0 cm³/mol. The minimum absolute atomic E-state index is 0.977. The Kier molecular flexibility index (Phi) is 2.26. The highest BCUT2D eigenvalue weighted by molar-refractivity contribution is 5.58. The molecule has 0 saturated heterocycles. The molecular weight excluding hydrogens is 136 g/mol. The number of nitrogens with zero attached hydrogens (tertiary/aromatic N) is 2. The van der Waals surface area contributed by atoms with Crippen molar-refractivity contribution in [1.29, 1.82) is 0 Å². The van der Waals surface area contributed by atoms with Crippen LogP contribution < -0.4 is 0 Å².